The third-order valence-electron chi connectivity index (χ3n) is 3.29. The molecule has 0 saturated carbocycles. The van der Waals surface area contributed by atoms with E-state index in [1.165, 1.54) is 15.6 Å². The van der Waals surface area contributed by atoms with Gasteiger partial charge < -0.3 is 9.67 Å². The number of aromatic nitrogens is 1. The molecule has 0 radical (unpaired) electrons. The summed E-state index contributed by atoms with van der Waals surface area (Å²) in [4.78, 5) is 11.5. The highest BCUT2D eigenvalue weighted by Gasteiger charge is 2.06. The van der Waals surface area contributed by atoms with E-state index in [-0.39, 0.29) is 0 Å². The summed E-state index contributed by atoms with van der Waals surface area (Å²) < 4.78 is 2.23. The van der Waals surface area contributed by atoms with E-state index in [2.05, 4.69) is 57.9 Å². The number of carboxylic acid groups (broad SMARTS) is 1. The second kappa shape index (κ2) is 7.77. The summed E-state index contributed by atoms with van der Waals surface area (Å²) in [7, 11) is 0. The van der Waals surface area contributed by atoms with Crippen molar-refractivity contribution in [1.29, 1.82) is 0 Å². The lowest BCUT2D eigenvalue weighted by molar-refractivity contribution is 0.0697. The summed E-state index contributed by atoms with van der Waals surface area (Å²) in [6, 6.07) is 21.0. The number of hydrogen-bond acceptors (Lipinski definition) is 3. The Hall–Kier alpha value is -2.63. The molecule has 0 aliphatic heterocycles. The Morgan fingerprint density at radius 1 is 0.833 bits per heavy atom. The van der Waals surface area contributed by atoms with E-state index in [0.717, 1.165) is 0 Å². The first-order chi connectivity index (χ1) is 11.8. The number of carbonyl (C=O) groups is 1. The first kappa shape index (κ1) is 16.2. The van der Waals surface area contributed by atoms with E-state index in [1.54, 1.807) is 53.0 Å². The fourth-order valence-electron chi connectivity index (χ4n) is 2.19. The molecule has 0 fully saturated rings. The largest absolute Gasteiger partial charge is 0.478 e. The van der Waals surface area contributed by atoms with Crippen LogP contribution in [0.3, 0.4) is 0 Å². The molecule has 0 aliphatic carbocycles. The minimum atomic E-state index is -0.879. The minimum absolute atomic E-state index is 0.331. The Balaban J connectivity index is 0.000000162. The third-order valence-corrected chi connectivity index (χ3v) is 5.05. The lowest BCUT2D eigenvalue weighted by atomic mass is 10.2. The molecular weight excluding hydrogens is 338 g/mol. The van der Waals surface area contributed by atoms with E-state index in [9.17, 15) is 4.79 Å². The topological polar surface area (TPSA) is 42.2 Å². The molecule has 0 aliphatic rings. The molecular formula is C19H15NO2S2. The van der Waals surface area contributed by atoms with Gasteiger partial charge in [-0.05, 0) is 53.2 Å². The van der Waals surface area contributed by atoms with Gasteiger partial charge in [0.2, 0.25) is 0 Å². The fraction of sp³-hybridized carbons (Fsp3) is 0. The predicted octanol–water partition coefficient (Wildman–Crippen LogP) is 5.65. The van der Waals surface area contributed by atoms with E-state index < -0.39 is 5.97 Å². The van der Waals surface area contributed by atoms with Crippen molar-refractivity contribution in [1.82, 2.24) is 4.57 Å². The number of thiophene rings is 2. The van der Waals surface area contributed by atoms with Crippen LogP contribution in [-0.4, -0.2) is 15.6 Å². The number of aromatic carboxylic acids is 1. The number of nitrogens with zero attached hydrogens (tertiary/aromatic N) is 1. The van der Waals surface area contributed by atoms with Crippen molar-refractivity contribution in [3.63, 3.8) is 0 Å². The highest BCUT2D eigenvalue weighted by atomic mass is 32.1. The van der Waals surface area contributed by atoms with Crippen LogP contribution in [0.5, 0.6) is 0 Å². The molecule has 1 aromatic carbocycles. The van der Waals surface area contributed by atoms with Gasteiger partial charge in [-0.2, -0.15) is 0 Å². The monoisotopic (exact) mass is 353 g/mol. The van der Waals surface area contributed by atoms with Crippen LogP contribution in [0.25, 0.3) is 15.6 Å². The Labute approximate surface area is 148 Å². The zero-order valence-corrected chi connectivity index (χ0v) is 14.3. The molecule has 5 heteroatoms. The predicted molar refractivity (Wildman–Crippen MR) is 100 cm³/mol. The van der Waals surface area contributed by atoms with Gasteiger partial charge in [0, 0.05) is 6.20 Å². The lowest BCUT2D eigenvalue weighted by Crippen LogP contribution is -1.93. The average Bonchev–Trinajstić information content (AvgIpc) is 3.35. The zero-order valence-electron chi connectivity index (χ0n) is 12.7. The highest BCUT2D eigenvalue weighted by molar-refractivity contribution is 7.13. The van der Waals surface area contributed by atoms with Crippen LogP contribution in [-0.2, 0) is 0 Å². The Morgan fingerprint density at radius 3 is 2.17 bits per heavy atom. The maximum atomic E-state index is 10.2. The zero-order chi connectivity index (χ0) is 16.8. The van der Waals surface area contributed by atoms with Crippen molar-refractivity contribution in [2.45, 2.75) is 0 Å². The maximum absolute atomic E-state index is 10.2. The van der Waals surface area contributed by atoms with Gasteiger partial charge in [-0.3, -0.25) is 0 Å². The van der Waals surface area contributed by atoms with Gasteiger partial charge in [0.25, 0.3) is 0 Å². The second-order valence-corrected chi connectivity index (χ2v) is 6.74. The van der Waals surface area contributed by atoms with Crippen LogP contribution < -0.4 is 0 Å². The summed E-state index contributed by atoms with van der Waals surface area (Å²) in [6.45, 7) is 0. The van der Waals surface area contributed by atoms with Crippen LogP contribution in [0.15, 0.2) is 83.7 Å². The van der Waals surface area contributed by atoms with Crippen LogP contribution in [0.1, 0.15) is 10.4 Å². The number of benzene rings is 1. The molecule has 4 rings (SSSR count). The fourth-order valence-corrected chi connectivity index (χ4v) is 3.66. The minimum Gasteiger partial charge on any atom is -0.478 e. The quantitative estimate of drug-likeness (QED) is 0.517. The molecule has 3 nitrogen and oxygen atoms in total. The smallest absolute Gasteiger partial charge is 0.335 e. The average molecular weight is 353 g/mol. The molecule has 0 spiro atoms. The first-order valence-electron chi connectivity index (χ1n) is 7.29. The molecule has 24 heavy (non-hydrogen) atoms. The van der Waals surface area contributed by atoms with Gasteiger partial charge in [-0.1, -0.05) is 24.3 Å². The number of rotatable bonds is 3. The molecule has 0 amide bonds. The summed E-state index contributed by atoms with van der Waals surface area (Å²) in [5.74, 6) is -0.879. The van der Waals surface area contributed by atoms with Crippen LogP contribution in [0.4, 0.5) is 0 Å². The first-order valence-corrected chi connectivity index (χ1v) is 9.05. The summed E-state index contributed by atoms with van der Waals surface area (Å²) in [6.07, 6.45) is 2.11. The van der Waals surface area contributed by atoms with Crippen LogP contribution >= 0.6 is 22.7 Å². The molecule has 120 valence electrons. The molecule has 3 heterocycles. The third kappa shape index (κ3) is 3.82. The van der Waals surface area contributed by atoms with E-state index >= 15 is 0 Å². The van der Waals surface area contributed by atoms with Crippen molar-refractivity contribution >= 4 is 28.6 Å². The van der Waals surface area contributed by atoms with Gasteiger partial charge in [-0.25, -0.2) is 4.79 Å². The van der Waals surface area contributed by atoms with Crippen molar-refractivity contribution in [3.8, 4) is 15.6 Å². The Kier molecular flexibility index (Phi) is 5.25. The second-order valence-electron chi connectivity index (χ2n) is 4.86. The number of hydrogen-bond donors (Lipinski definition) is 1. The molecule has 0 bridgehead atoms. The van der Waals surface area contributed by atoms with Crippen molar-refractivity contribution in [3.05, 3.63) is 89.3 Å². The van der Waals surface area contributed by atoms with Crippen molar-refractivity contribution < 1.29 is 9.90 Å². The normalized spacial score (nSPS) is 10.0. The van der Waals surface area contributed by atoms with Gasteiger partial charge >= 0.3 is 5.97 Å². The standard InChI is InChI=1S/C12H9NS2.C7H6O2/c1-4-10(11-5-2-8-14-11)13(7-1)12-6-3-9-15-12;8-7(9)6-4-2-1-3-5-6/h1-9H;1-5H,(H,8,9). The van der Waals surface area contributed by atoms with Gasteiger partial charge in [0.1, 0.15) is 0 Å². The van der Waals surface area contributed by atoms with Gasteiger partial charge in [-0.15, -0.1) is 22.7 Å². The SMILES string of the molecule is O=C(O)c1ccccc1.c1csc(-c2cccn2-c2cccs2)c1. The Bertz CT molecular complexity index is 830. The molecule has 0 unspecified atom stereocenters. The van der Waals surface area contributed by atoms with E-state index in [1.807, 2.05) is 0 Å². The van der Waals surface area contributed by atoms with E-state index in [0.29, 0.717) is 5.56 Å². The summed E-state index contributed by atoms with van der Waals surface area (Å²) in [5.41, 5.74) is 1.60. The van der Waals surface area contributed by atoms with Gasteiger partial charge in [0.05, 0.1) is 21.1 Å². The highest BCUT2D eigenvalue weighted by Crippen LogP contribution is 2.29. The maximum Gasteiger partial charge on any atom is 0.335 e. The van der Waals surface area contributed by atoms with E-state index in [4.69, 9.17) is 5.11 Å². The van der Waals surface area contributed by atoms with Crippen molar-refractivity contribution in [2.75, 3.05) is 0 Å². The molecule has 0 atom stereocenters. The van der Waals surface area contributed by atoms with Crippen molar-refractivity contribution in [2.24, 2.45) is 0 Å². The molecule has 0 saturated heterocycles. The lowest BCUT2D eigenvalue weighted by Gasteiger charge is -2.03. The Morgan fingerprint density at radius 2 is 1.58 bits per heavy atom. The van der Waals surface area contributed by atoms with Gasteiger partial charge in [0.15, 0.2) is 0 Å². The van der Waals surface area contributed by atoms with Crippen LogP contribution in [0.2, 0.25) is 0 Å². The summed E-state index contributed by atoms with van der Waals surface area (Å²) in [5, 5.41) is 13.9. The summed E-state index contributed by atoms with van der Waals surface area (Å²) >= 11 is 3.54. The molecule has 4 aromatic rings. The van der Waals surface area contributed by atoms with Crippen LogP contribution in [0, 0.1) is 0 Å². The number of carboxylic acids is 1. The molecule has 3 aromatic heterocycles. The molecule has 1 N–H and O–H groups in total.